The molecule has 1 aliphatic heterocycles. The average Bonchev–Trinajstić information content (AvgIpc) is 3.13. The number of benzene rings is 1. The molecule has 0 aliphatic carbocycles. The maximum absolute atomic E-state index is 12.1. The number of nitrogens with zero attached hydrogens (tertiary/aromatic N) is 3. The zero-order valence-corrected chi connectivity index (χ0v) is 14.1. The van der Waals surface area contributed by atoms with Crippen molar-refractivity contribution in [2.45, 2.75) is 38.3 Å². The van der Waals surface area contributed by atoms with Gasteiger partial charge in [-0.05, 0) is 37.4 Å². The molecule has 0 saturated carbocycles. The molecule has 1 amide bonds. The number of nitrogens with one attached hydrogen (secondary N) is 1. The minimum absolute atomic E-state index is 0.125. The first-order chi connectivity index (χ1) is 11.8. The maximum atomic E-state index is 12.1. The lowest BCUT2D eigenvalue weighted by Gasteiger charge is -2.33. The second-order valence-electron chi connectivity index (χ2n) is 6.46. The molecule has 1 fully saturated rings. The summed E-state index contributed by atoms with van der Waals surface area (Å²) in [6, 6.07) is 12.8. The fourth-order valence-electron chi connectivity index (χ4n) is 3.26. The summed E-state index contributed by atoms with van der Waals surface area (Å²) in [5.74, 6) is 0.125. The van der Waals surface area contributed by atoms with Crippen LogP contribution in [0.25, 0.3) is 0 Å². The zero-order chi connectivity index (χ0) is 16.6. The van der Waals surface area contributed by atoms with Gasteiger partial charge in [0.05, 0.1) is 0 Å². The third-order valence-corrected chi connectivity index (χ3v) is 4.56. The van der Waals surface area contributed by atoms with Crippen molar-refractivity contribution in [3.63, 3.8) is 0 Å². The summed E-state index contributed by atoms with van der Waals surface area (Å²) in [6.07, 6.45) is 7.42. The molecule has 5 heteroatoms. The molecule has 0 spiro atoms. The van der Waals surface area contributed by atoms with Crippen LogP contribution in [-0.2, 0) is 17.8 Å². The number of rotatable bonds is 7. The van der Waals surface area contributed by atoms with Crippen molar-refractivity contribution < 1.29 is 4.79 Å². The summed E-state index contributed by atoms with van der Waals surface area (Å²) in [6.45, 7) is 3.79. The number of carbonyl (C=O) groups excluding carboxylic acids is 1. The summed E-state index contributed by atoms with van der Waals surface area (Å²) >= 11 is 0. The summed E-state index contributed by atoms with van der Waals surface area (Å²) in [4.78, 5) is 14.6. The van der Waals surface area contributed by atoms with E-state index in [9.17, 15) is 4.79 Å². The van der Waals surface area contributed by atoms with Gasteiger partial charge < -0.3 is 10.2 Å². The highest BCUT2D eigenvalue weighted by molar-refractivity contribution is 5.76. The molecule has 1 atom stereocenters. The van der Waals surface area contributed by atoms with Crippen LogP contribution in [-0.4, -0.2) is 46.3 Å². The average molecular weight is 326 g/mol. The van der Waals surface area contributed by atoms with Crippen molar-refractivity contribution in [2.75, 3.05) is 19.6 Å². The molecule has 2 heterocycles. The van der Waals surface area contributed by atoms with Gasteiger partial charge in [-0.2, -0.15) is 5.10 Å². The minimum Gasteiger partial charge on any atom is -0.352 e. The quantitative estimate of drug-likeness (QED) is 0.848. The molecular weight excluding hydrogens is 300 g/mol. The van der Waals surface area contributed by atoms with Crippen LogP contribution in [0.2, 0.25) is 0 Å². The Balaban J connectivity index is 1.39. The zero-order valence-electron chi connectivity index (χ0n) is 14.1. The molecule has 0 bridgehead atoms. The normalized spacial score (nSPS) is 18.4. The Kier molecular flexibility index (Phi) is 6.01. The summed E-state index contributed by atoms with van der Waals surface area (Å²) in [7, 11) is 0. The second-order valence-corrected chi connectivity index (χ2v) is 6.46. The molecule has 3 rings (SSSR count). The van der Waals surface area contributed by atoms with E-state index in [4.69, 9.17) is 0 Å². The summed E-state index contributed by atoms with van der Waals surface area (Å²) in [5.41, 5.74) is 1.38. The van der Waals surface area contributed by atoms with Crippen LogP contribution in [0.5, 0.6) is 0 Å². The molecule has 24 heavy (non-hydrogen) atoms. The second kappa shape index (κ2) is 8.64. The van der Waals surface area contributed by atoms with Gasteiger partial charge in [-0.15, -0.1) is 0 Å². The lowest BCUT2D eigenvalue weighted by molar-refractivity contribution is -0.122. The summed E-state index contributed by atoms with van der Waals surface area (Å²) in [5, 5.41) is 7.32. The number of hydrogen-bond acceptors (Lipinski definition) is 3. The van der Waals surface area contributed by atoms with E-state index in [-0.39, 0.29) is 11.9 Å². The Morgan fingerprint density at radius 1 is 1.21 bits per heavy atom. The highest BCUT2D eigenvalue weighted by Crippen LogP contribution is 2.11. The fourth-order valence-corrected chi connectivity index (χ4v) is 3.26. The van der Waals surface area contributed by atoms with E-state index >= 15 is 0 Å². The van der Waals surface area contributed by atoms with Crippen LogP contribution >= 0.6 is 0 Å². The smallest absolute Gasteiger partial charge is 0.222 e. The Bertz CT molecular complexity index is 612. The van der Waals surface area contributed by atoms with Crippen LogP contribution in [0.4, 0.5) is 0 Å². The number of hydrogen-bond donors (Lipinski definition) is 1. The SMILES string of the molecule is O=C(CCn1cccn1)NC1CCCN(CCc2ccccc2)C1. The predicted molar refractivity (Wildman–Crippen MR) is 94.6 cm³/mol. The van der Waals surface area contributed by atoms with E-state index in [1.165, 1.54) is 5.56 Å². The van der Waals surface area contributed by atoms with Gasteiger partial charge in [-0.1, -0.05) is 30.3 Å². The Morgan fingerprint density at radius 2 is 2.08 bits per heavy atom. The highest BCUT2D eigenvalue weighted by atomic mass is 16.1. The number of aryl methyl sites for hydroxylation is 1. The minimum atomic E-state index is 0.125. The van der Waals surface area contributed by atoms with Crippen LogP contribution in [0.3, 0.4) is 0 Å². The van der Waals surface area contributed by atoms with Gasteiger partial charge in [0.15, 0.2) is 0 Å². The molecule has 1 aromatic carbocycles. The summed E-state index contributed by atoms with van der Waals surface area (Å²) < 4.78 is 1.80. The number of piperidine rings is 1. The fraction of sp³-hybridized carbons (Fsp3) is 0.474. The topological polar surface area (TPSA) is 50.2 Å². The third kappa shape index (κ3) is 5.20. The molecule has 2 aromatic rings. The molecule has 1 unspecified atom stereocenters. The van der Waals surface area contributed by atoms with Gasteiger partial charge in [0.1, 0.15) is 0 Å². The van der Waals surface area contributed by atoms with Crippen LogP contribution in [0.15, 0.2) is 48.8 Å². The number of likely N-dealkylation sites (tertiary alicyclic amines) is 1. The van der Waals surface area contributed by atoms with Crippen LogP contribution in [0.1, 0.15) is 24.8 Å². The first kappa shape index (κ1) is 16.7. The van der Waals surface area contributed by atoms with Gasteiger partial charge >= 0.3 is 0 Å². The first-order valence-corrected chi connectivity index (χ1v) is 8.83. The van der Waals surface area contributed by atoms with Gasteiger partial charge in [0.25, 0.3) is 0 Å². The van der Waals surface area contributed by atoms with E-state index in [1.807, 2.05) is 12.3 Å². The molecule has 5 nitrogen and oxygen atoms in total. The van der Waals surface area contributed by atoms with Gasteiger partial charge in [0.2, 0.25) is 5.91 Å². The number of aromatic nitrogens is 2. The van der Waals surface area contributed by atoms with Crippen molar-refractivity contribution >= 4 is 5.91 Å². The molecule has 1 saturated heterocycles. The van der Waals surface area contributed by atoms with Crippen molar-refractivity contribution in [1.29, 1.82) is 0 Å². The molecule has 0 radical (unpaired) electrons. The molecule has 1 aromatic heterocycles. The van der Waals surface area contributed by atoms with E-state index in [1.54, 1.807) is 10.9 Å². The van der Waals surface area contributed by atoms with Crippen LogP contribution in [0, 0.1) is 0 Å². The highest BCUT2D eigenvalue weighted by Gasteiger charge is 2.21. The Labute approximate surface area is 143 Å². The van der Waals surface area contributed by atoms with Crippen molar-refractivity contribution in [2.24, 2.45) is 0 Å². The number of amides is 1. The maximum Gasteiger partial charge on any atom is 0.222 e. The van der Waals surface area contributed by atoms with Crippen molar-refractivity contribution in [3.8, 4) is 0 Å². The van der Waals surface area contributed by atoms with Crippen LogP contribution < -0.4 is 5.32 Å². The third-order valence-electron chi connectivity index (χ3n) is 4.56. The standard InChI is InChI=1S/C19H26N4O/c24-19(10-15-23-13-5-11-20-23)21-18-8-4-12-22(16-18)14-9-17-6-2-1-3-7-17/h1-3,5-7,11,13,18H,4,8-10,12,14-16H2,(H,21,24). The predicted octanol–water partition coefficient (Wildman–Crippen LogP) is 2.10. The molecule has 1 N–H and O–H groups in total. The first-order valence-electron chi connectivity index (χ1n) is 8.83. The van der Waals surface area contributed by atoms with E-state index < -0.39 is 0 Å². The van der Waals surface area contributed by atoms with E-state index in [2.05, 4.69) is 45.6 Å². The van der Waals surface area contributed by atoms with Gasteiger partial charge in [-0.25, -0.2) is 0 Å². The molecule has 1 aliphatic rings. The van der Waals surface area contributed by atoms with E-state index in [0.717, 1.165) is 38.9 Å². The van der Waals surface area contributed by atoms with Crippen molar-refractivity contribution in [3.05, 3.63) is 54.4 Å². The Hall–Kier alpha value is -2.14. The van der Waals surface area contributed by atoms with Gasteiger partial charge in [-0.3, -0.25) is 9.48 Å². The largest absolute Gasteiger partial charge is 0.352 e. The lowest BCUT2D eigenvalue weighted by atomic mass is 10.0. The van der Waals surface area contributed by atoms with Crippen molar-refractivity contribution in [1.82, 2.24) is 20.0 Å². The molecular formula is C19H26N4O. The number of carbonyl (C=O) groups is 1. The Morgan fingerprint density at radius 3 is 2.88 bits per heavy atom. The van der Waals surface area contributed by atoms with E-state index in [0.29, 0.717) is 13.0 Å². The lowest BCUT2D eigenvalue weighted by Crippen LogP contribution is -2.48. The van der Waals surface area contributed by atoms with Gasteiger partial charge in [0, 0.05) is 44.5 Å². The monoisotopic (exact) mass is 326 g/mol. The molecule has 128 valence electrons.